The van der Waals surface area contributed by atoms with Crippen molar-refractivity contribution in [3.63, 3.8) is 0 Å². The molecule has 0 saturated heterocycles. The predicted octanol–water partition coefficient (Wildman–Crippen LogP) is 4.47. The largest absolute Gasteiger partial charge is 0.395 e. The molecule has 31 heavy (non-hydrogen) atoms. The van der Waals surface area contributed by atoms with Crippen LogP contribution in [-0.2, 0) is 6.54 Å². The van der Waals surface area contributed by atoms with Crippen LogP contribution in [0, 0.1) is 0 Å². The third-order valence-electron chi connectivity index (χ3n) is 5.16. The summed E-state index contributed by atoms with van der Waals surface area (Å²) >= 11 is 6.17. The van der Waals surface area contributed by atoms with Crippen LogP contribution in [0.25, 0.3) is 0 Å². The number of hydrogen-bond acceptors (Lipinski definition) is 7. The number of nitrogens with one attached hydrogen (secondary N) is 2. The van der Waals surface area contributed by atoms with Crippen LogP contribution in [0.2, 0.25) is 5.02 Å². The summed E-state index contributed by atoms with van der Waals surface area (Å²) in [6, 6.07) is 17.9. The van der Waals surface area contributed by atoms with Crippen LogP contribution in [0.1, 0.15) is 19.4 Å². The fourth-order valence-electron chi connectivity index (χ4n) is 3.58. The molecule has 162 valence electrons. The van der Waals surface area contributed by atoms with Gasteiger partial charge in [0.1, 0.15) is 5.69 Å². The van der Waals surface area contributed by atoms with Crippen molar-refractivity contribution in [2.45, 2.75) is 26.4 Å². The predicted molar refractivity (Wildman–Crippen MR) is 127 cm³/mol. The van der Waals surface area contributed by atoms with E-state index in [1.807, 2.05) is 47.4 Å². The van der Waals surface area contributed by atoms with E-state index in [9.17, 15) is 5.11 Å². The van der Waals surface area contributed by atoms with Crippen LogP contribution in [0.3, 0.4) is 0 Å². The lowest BCUT2D eigenvalue weighted by atomic mass is 10.2. The number of halogens is 1. The molecule has 0 saturated carbocycles. The van der Waals surface area contributed by atoms with Gasteiger partial charge >= 0.3 is 0 Å². The molecule has 0 aliphatic carbocycles. The Balaban J connectivity index is 1.75. The topological polar surface area (TPSA) is 76.5 Å². The Morgan fingerprint density at radius 3 is 2.68 bits per heavy atom. The molecule has 4 rings (SSSR count). The molecule has 0 spiro atoms. The minimum absolute atomic E-state index is 0.0104. The van der Waals surface area contributed by atoms with Crippen LogP contribution in [0.4, 0.5) is 29.0 Å². The first-order chi connectivity index (χ1) is 15.0. The van der Waals surface area contributed by atoms with E-state index in [4.69, 9.17) is 21.6 Å². The second-order valence-corrected chi connectivity index (χ2v) is 8.17. The highest BCUT2D eigenvalue weighted by atomic mass is 35.5. The Kier molecular flexibility index (Phi) is 6.44. The summed E-state index contributed by atoms with van der Waals surface area (Å²) in [5, 5.41) is 17.2. The average Bonchev–Trinajstić information content (AvgIpc) is 3.19. The molecule has 0 amide bonds. The lowest BCUT2D eigenvalue weighted by Crippen LogP contribution is -2.32. The molecule has 8 heteroatoms. The summed E-state index contributed by atoms with van der Waals surface area (Å²) in [5.74, 6) is 2.09. The van der Waals surface area contributed by atoms with Crippen LogP contribution in [0.15, 0.2) is 54.6 Å². The minimum Gasteiger partial charge on any atom is -0.395 e. The van der Waals surface area contributed by atoms with Crippen LogP contribution in [0.5, 0.6) is 0 Å². The van der Waals surface area contributed by atoms with E-state index < -0.39 is 0 Å². The molecule has 0 bridgehead atoms. The molecule has 3 N–H and O–H groups in total. The monoisotopic (exact) mass is 438 g/mol. The lowest BCUT2D eigenvalue weighted by molar-refractivity contribution is 0.301. The van der Waals surface area contributed by atoms with Crippen LogP contribution < -0.4 is 20.4 Å². The smallest absolute Gasteiger partial charge is 0.229 e. The van der Waals surface area contributed by atoms with E-state index in [2.05, 4.69) is 41.5 Å². The van der Waals surface area contributed by atoms with Gasteiger partial charge in [0.15, 0.2) is 11.6 Å². The van der Waals surface area contributed by atoms with Gasteiger partial charge < -0.3 is 25.5 Å². The third kappa shape index (κ3) is 4.84. The Hall–Kier alpha value is -3.03. The zero-order chi connectivity index (χ0) is 21.8. The summed E-state index contributed by atoms with van der Waals surface area (Å²) < 4.78 is 0. The van der Waals surface area contributed by atoms with E-state index in [1.54, 1.807) is 0 Å². The average molecular weight is 439 g/mol. The number of aliphatic hydroxyl groups excluding tert-OH is 1. The molecule has 0 unspecified atom stereocenters. The van der Waals surface area contributed by atoms with Gasteiger partial charge in [-0.05, 0) is 37.6 Å². The van der Waals surface area contributed by atoms with Crippen molar-refractivity contribution in [2.24, 2.45) is 0 Å². The van der Waals surface area contributed by atoms with Crippen molar-refractivity contribution in [3.05, 3.63) is 65.2 Å². The molecular weight excluding hydrogens is 412 g/mol. The lowest BCUT2D eigenvalue weighted by Gasteiger charge is -2.26. The number of aromatic nitrogens is 2. The molecule has 0 atom stereocenters. The van der Waals surface area contributed by atoms with E-state index >= 15 is 0 Å². The third-order valence-corrected chi connectivity index (χ3v) is 5.39. The molecule has 1 aliphatic heterocycles. The zero-order valence-corrected chi connectivity index (χ0v) is 18.5. The Labute approximate surface area is 187 Å². The first-order valence-corrected chi connectivity index (χ1v) is 10.8. The van der Waals surface area contributed by atoms with Gasteiger partial charge in [0.05, 0.1) is 13.3 Å². The quantitative estimate of drug-likeness (QED) is 0.479. The van der Waals surface area contributed by atoms with Crippen molar-refractivity contribution in [1.82, 2.24) is 9.97 Å². The molecular formula is C23H27ClN6O. The first-order valence-electron chi connectivity index (χ1n) is 10.4. The van der Waals surface area contributed by atoms with Gasteiger partial charge in [0, 0.05) is 29.8 Å². The number of hydrogen-bond donors (Lipinski definition) is 3. The van der Waals surface area contributed by atoms with Crippen molar-refractivity contribution in [3.8, 4) is 0 Å². The molecule has 1 aliphatic rings. The van der Waals surface area contributed by atoms with Crippen molar-refractivity contribution in [2.75, 3.05) is 40.3 Å². The Morgan fingerprint density at radius 2 is 1.97 bits per heavy atom. The Morgan fingerprint density at radius 1 is 1.16 bits per heavy atom. The minimum atomic E-state index is 0.0104. The highest BCUT2D eigenvalue weighted by Crippen LogP contribution is 2.39. The van der Waals surface area contributed by atoms with Crippen molar-refractivity contribution < 1.29 is 5.11 Å². The molecule has 0 radical (unpaired) electrons. The summed E-state index contributed by atoms with van der Waals surface area (Å²) in [6.07, 6.45) is 0. The molecule has 0 fully saturated rings. The van der Waals surface area contributed by atoms with Gasteiger partial charge in [0.2, 0.25) is 5.95 Å². The van der Waals surface area contributed by atoms with Gasteiger partial charge in [-0.3, -0.25) is 0 Å². The highest BCUT2D eigenvalue weighted by Gasteiger charge is 2.28. The van der Waals surface area contributed by atoms with Gasteiger partial charge in [-0.1, -0.05) is 48.0 Å². The summed E-state index contributed by atoms with van der Waals surface area (Å²) in [6.45, 7) is 5.98. The second-order valence-electron chi connectivity index (χ2n) is 7.74. The van der Waals surface area contributed by atoms with Gasteiger partial charge in [0.25, 0.3) is 0 Å². The van der Waals surface area contributed by atoms with Crippen molar-refractivity contribution in [1.29, 1.82) is 0 Å². The van der Waals surface area contributed by atoms with Gasteiger partial charge in [-0.15, -0.1) is 0 Å². The summed E-state index contributed by atoms with van der Waals surface area (Å²) in [5.41, 5.74) is 2.84. The maximum absolute atomic E-state index is 9.69. The Bertz CT molecular complexity index is 1030. The van der Waals surface area contributed by atoms with E-state index in [0.717, 1.165) is 22.8 Å². The van der Waals surface area contributed by atoms with Crippen LogP contribution >= 0.6 is 11.6 Å². The van der Waals surface area contributed by atoms with Crippen molar-refractivity contribution >= 4 is 40.6 Å². The standard InChI is InChI=1S/C23H27ClN6O/c1-16(2)30-15-25-20-21(26-19-10-6-9-18(24)13-19)27-23(28-22(20)30)29(11-12-31)14-17-7-4-3-5-8-17/h3-10,13,16,25,31H,11-12,14-15H2,1-2H3,(H,26,27,28). The zero-order valence-electron chi connectivity index (χ0n) is 17.7. The summed E-state index contributed by atoms with van der Waals surface area (Å²) in [4.78, 5) is 13.9. The maximum Gasteiger partial charge on any atom is 0.229 e. The number of rotatable bonds is 8. The fraction of sp³-hybridized carbons (Fsp3) is 0.304. The van der Waals surface area contributed by atoms with E-state index in [-0.39, 0.29) is 12.6 Å². The normalized spacial score (nSPS) is 12.6. The molecule has 3 aromatic rings. The molecule has 2 aromatic carbocycles. The highest BCUT2D eigenvalue weighted by molar-refractivity contribution is 6.30. The second kappa shape index (κ2) is 9.41. The van der Waals surface area contributed by atoms with Gasteiger partial charge in [-0.2, -0.15) is 9.97 Å². The number of fused-ring (bicyclic) bond motifs is 1. The van der Waals surface area contributed by atoms with Gasteiger partial charge in [-0.25, -0.2) is 0 Å². The maximum atomic E-state index is 9.69. The molecule has 7 nitrogen and oxygen atoms in total. The number of aliphatic hydroxyl groups is 1. The van der Waals surface area contributed by atoms with E-state index in [1.165, 1.54) is 0 Å². The first kappa shape index (κ1) is 21.2. The SMILES string of the molecule is CC(C)N1CNc2c(Nc3cccc(Cl)c3)nc(N(CCO)Cc3ccccc3)nc21. The molecule has 2 heterocycles. The number of benzene rings is 2. The summed E-state index contributed by atoms with van der Waals surface area (Å²) in [7, 11) is 0. The van der Waals surface area contributed by atoms with Crippen LogP contribution in [-0.4, -0.2) is 40.9 Å². The number of anilines is 5. The fourth-order valence-corrected chi connectivity index (χ4v) is 3.77. The molecule has 1 aromatic heterocycles. The van der Waals surface area contributed by atoms with E-state index in [0.29, 0.717) is 36.5 Å². The number of nitrogens with zero attached hydrogens (tertiary/aromatic N) is 4.